The number of carbonyl (C=O) groups is 2. The first-order chi connectivity index (χ1) is 15.7. The van der Waals surface area contributed by atoms with Gasteiger partial charge in [0.15, 0.2) is 0 Å². The number of fused-ring (bicyclic) bond motifs is 1. The number of rotatable bonds is 4. The Morgan fingerprint density at radius 3 is 2.64 bits per heavy atom. The van der Waals surface area contributed by atoms with Crippen LogP contribution in [0.3, 0.4) is 0 Å². The molecule has 168 valence electrons. The molecule has 3 aromatic rings. The summed E-state index contributed by atoms with van der Waals surface area (Å²) in [5, 5.41) is 13.6. The predicted molar refractivity (Wildman–Crippen MR) is 133 cm³/mol. The van der Waals surface area contributed by atoms with Crippen LogP contribution in [0.25, 0.3) is 10.9 Å². The fourth-order valence-electron chi connectivity index (χ4n) is 3.57. The topological polar surface area (TPSA) is 113 Å². The highest BCUT2D eigenvalue weighted by atomic mass is 16.2. The highest BCUT2D eigenvalue weighted by Crippen LogP contribution is 2.29. The van der Waals surface area contributed by atoms with E-state index in [1.165, 1.54) is 0 Å². The lowest BCUT2D eigenvalue weighted by atomic mass is 9.86. The third-order valence-corrected chi connectivity index (χ3v) is 5.49. The Hall–Kier alpha value is -4.13. The number of H-pyrrole nitrogens is 1. The molecule has 0 atom stereocenters. The number of benzene rings is 2. The molecule has 0 saturated heterocycles. The van der Waals surface area contributed by atoms with Gasteiger partial charge in [0.25, 0.3) is 11.8 Å². The van der Waals surface area contributed by atoms with Crippen LogP contribution < -0.4 is 16.4 Å². The molecule has 33 heavy (non-hydrogen) atoms. The number of carbonyl (C=O) groups excluding carboxylic acids is 2. The van der Waals surface area contributed by atoms with E-state index >= 15 is 0 Å². The molecular weight excluding hydrogens is 414 g/mol. The Morgan fingerprint density at radius 1 is 1.03 bits per heavy atom. The minimum absolute atomic E-state index is 0.0135. The minimum atomic E-state index is -0.374. The highest BCUT2D eigenvalue weighted by molar-refractivity contribution is 6.13. The molecular formula is C26H27N5O2. The van der Waals surface area contributed by atoms with Gasteiger partial charge in [-0.25, -0.2) is 0 Å². The normalized spacial score (nSPS) is 13.8. The second-order valence-corrected chi connectivity index (χ2v) is 9.06. The maximum Gasteiger partial charge on any atom is 0.257 e. The third kappa shape index (κ3) is 5.03. The van der Waals surface area contributed by atoms with Crippen LogP contribution in [0, 0.1) is 5.41 Å². The van der Waals surface area contributed by atoms with Gasteiger partial charge >= 0.3 is 0 Å². The molecule has 0 aliphatic heterocycles. The highest BCUT2D eigenvalue weighted by Gasteiger charge is 2.19. The van der Waals surface area contributed by atoms with E-state index in [1.807, 2.05) is 24.3 Å². The molecule has 1 aliphatic rings. The number of anilines is 3. The monoisotopic (exact) mass is 441 g/mol. The van der Waals surface area contributed by atoms with E-state index in [0.29, 0.717) is 29.1 Å². The summed E-state index contributed by atoms with van der Waals surface area (Å²) in [6, 6.07) is 10.3. The van der Waals surface area contributed by atoms with Gasteiger partial charge in [-0.05, 0) is 53.8 Å². The Morgan fingerprint density at radius 2 is 1.85 bits per heavy atom. The molecule has 7 heteroatoms. The van der Waals surface area contributed by atoms with Gasteiger partial charge in [0.1, 0.15) is 0 Å². The first kappa shape index (κ1) is 22.1. The average molecular weight is 442 g/mol. The van der Waals surface area contributed by atoms with Crippen molar-refractivity contribution in [1.29, 1.82) is 0 Å². The van der Waals surface area contributed by atoms with E-state index in [0.717, 1.165) is 16.5 Å². The molecule has 2 amide bonds. The number of nitrogen functional groups attached to an aromatic ring is 1. The summed E-state index contributed by atoms with van der Waals surface area (Å²) < 4.78 is 0. The zero-order chi connectivity index (χ0) is 23.6. The van der Waals surface area contributed by atoms with Crippen LogP contribution in [-0.2, 0) is 4.79 Å². The molecule has 1 aliphatic carbocycles. The SMILES string of the molecule is CC(C)(C)C1=CC=C(C(=O)Nc2ccc(N)cc2C(=O)Nc2ccc3cn[nH]c3c2)CC=C1. The van der Waals surface area contributed by atoms with Crippen molar-refractivity contribution < 1.29 is 9.59 Å². The number of nitrogens with zero attached hydrogens (tertiary/aromatic N) is 1. The first-order valence-corrected chi connectivity index (χ1v) is 10.7. The van der Waals surface area contributed by atoms with Crippen LogP contribution in [0.1, 0.15) is 37.6 Å². The number of hydrogen-bond acceptors (Lipinski definition) is 4. The second-order valence-electron chi connectivity index (χ2n) is 9.06. The molecule has 7 nitrogen and oxygen atoms in total. The summed E-state index contributed by atoms with van der Waals surface area (Å²) in [7, 11) is 0. The lowest BCUT2D eigenvalue weighted by Gasteiger charge is -2.19. The Labute approximate surface area is 192 Å². The van der Waals surface area contributed by atoms with Gasteiger partial charge in [0.2, 0.25) is 0 Å². The maximum absolute atomic E-state index is 13.0. The van der Waals surface area contributed by atoms with Crippen LogP contribution in [0.2, 0.25) is 0 Å². The number of allylic oxidation sites excluding steroid dienone is 5. The molecule has 2 aromatic carbocycles. The molecule has 0 saturated carbocycles. The summed E-state index contributed by atoms with van der Waals surface area (Å²) in [5.41, 5.74) is 10.2. The molecule has 5 N–H and O–H groups in total. The number of hydrogen-bond donors (Lipinski definition) is 4. The molecule has 1 heterocycles. The van der Waals surface area contributed by atoms with Crippen molar-refractivity contribution in [3.63, 3.8) is 0 Å². The molecule has 0 bridgehead atoms. The van der Waals surface area contributed by atoms with Crippen molar-refractivity contribution in [1.82, 2.24) is 10.2 Å². The van der Waals surface area contributed by atoms with Gasteiger partial charge in [0.05, 0.1) is 23.0 Å². The fraction of sp³-hybridized carbons (Fsp3) is 0.192. The van der Waals surface area contributed by atoms with Crippen molar-refractivity contribution in [2.45, 2.75) is 27.2 Å². The molecule has 0 fully saturated rings. The standard InChI is InChI=1S/C26H27N5O2/c1-26(2,3)18-6-4-5-16(7-9-18)24(32)30-22-12-10-19(27)13-21(22)25(33)29-20-11-8-17-15-28-31-23(17)14-20/h4,6-15H,5,27H2,1-3H3,(H,28,31)(H,29,33)(H,30,32). The fourth-order valence-corrected chi connectivity index (χ4v) is 3.57. The molecule has 0 spiro atoms. The number of aromatic nitrogens is 2. The van der Waals surface area contributed by atoms with Crippen molar-refractivity contribution in [3.05, 3.63) is 83.6 Å². The van der Waals surface area contributed by atoms with Crippen LogP contribution in [0.4, 0.5) is 17.1 Å². The quantitative estimate of drug-likeness (QED) is 0.417. The van der Waals surface area contributed by atoms with Gasteiger partial charge in [-0.15, -0.1) is 0 Å². The van der Waals surface area contributed by atoms with Crippen LogP contribution in [-0.4, -0.2) is 22.0 Å². The maximum atomic E-state index is 13.0. The Bertz CT molecular complexity index is 1320. The number of nitrogens with two attached hydrogens (primary N) is 1. The van der Waals surface area contributed by atoms with Gasteiger partial charge in [0, 0.05) is 22.3 Å². The van der Waals surface area contributed by atoms with Crippen molar-refractivity contribution in [3.8, 4) is 0 Å². The number of nitrogens with one attached hydrogen (secondary N) is 3. The first-order valence-electron chi connectivity index (χ1n) is 10.7. The lowest BCUT2D eigenvalue weighted by Crippen LogP contribution is -2.19. The van der Waals surface area contributed by atoms with E-state index in [1.54, 1.807) is 36.5 Å². The van der Waals surface area contributed by atoms with Crippen LogP contribution in [0.15, 0.2) is 78.0 Å². The van der Waals surface area contributed by atoms with E-state index < -0.39 is 0 Å². The second kappa shape index (κ2) is 8.78. The minimum Gasteiger partial charge on any atom is -0.399 e. The zero-order valence-electron chi connectivity index (χ0n) is 18.9. The van der Waals surface area contributed by atoms with Crippen molar-refractivity contribution in [2.24, 2.45) is 5.41 Å². The number of amides is 2. The molecule has 0 radical (unpaired) electrons. The van der Waals surface area contributed by atoms with Crippen LogP contribution >= 0.6 is 0 Å². The third-order valence-electron chi connectivity index (χ3n) is 5.49. The summed E-state index contributed by atoms with van der Waals surface area (Å²) in [4.78, 5) is 26.0. The number of aromatic amines is 1. The zero-order valence-corrected chi connectivity index (χ0v) is 18.9. The van der Waals surface area contributed by atoms with Crippen LogP contribution in [0.5, 0.6) is 0 Å². The van der Waals surface area contributed by atoms with E-state index in [4.69, 9.17) is 5.73 Å². The lowest BCUT2D eigenvalue weighted by molar-refractivity contribution is -0.112. The molecule has 4 rings (SSSR count). The van der Waals surface area contributed by atoms with E-state index in [-0.39, 0.29) is 22.8 Å². The Kier molecular flexibility index (Phi) is 5.87. The van der Waals surface area contributed by atoms with Gasteiger partial charge in [-0.2, -0.15) is 5.10 Å². The van der Waals surface area contributed by atoms with Gasteiger partial charge in [-0.3, -0.25) is 14.7 Å². The largest absolute Gasteiger partial charge is 0.399 e. The predicted octanol–water partition coefficient (Wildman–Crippen LogP) is 5.19. The molecule has 0 unspecified atom stereocenters. The van der Waals surface area contributed by atoms with E-state index in [2.05, 4.69) is 47.7 Å². The summed E-state index contributed by atoms with van der Waals surface area (Å²) >= 11 is 0. The van der Waals surface area contributed by atoms with Gasteiger partial charge in [-0.1, -0.05) is 45.1 Å². The molecule has 1 aromatic heterocycles. The smallest absolute Gasteiger partial charge is 0.257 e. The summed E-state index contributed by atoms with van der Waals surface area (Å²) in [6.45, 7) is 6.39. The van der Waals surface area contributed by atoms with Gasteiger partial charge < -0.3 is 16.4 Å². The Balaban J connectivity index is 1.56. The van der Waals surface area contributed by atoms with Crippen molar-refractivity contribution >= 4 is 39.8 Å². The van der Waals surface area contributed by atoms with Crippen molar-refractivity contribution in [2.75, 3.05) is 16.4 Å². The van der Waals surface area contributed by atoms with E-state index in [9.17, 15) is 9.59 Å². The average Bonchev–Trinajstić information content (AvgIpc) is 3.07. The summed E-state index contributed by atoms with van der Waals surface area (Å²) in [6.07, 6.45) is 10.1. The summed E-state index contributed by atoms with van der Waals surface area (Å²) in [5.74, 6) is -0.634.